The number of nitrogens with zero attached hydrogens (tertiary/aromatic N) is 1. The molecule has 3 amide bonds. The molecule has 0 aromatic heterocycles. The molecule has 2 N–H and O–H groups in total. The van der Waals surface area contributed by atoms with Crippen LogP contribution in [0.4, 0.5) is 4.79 Å². The summed E-state index contributed by atoms with van der Waals surface area (Å²) in [7, 11) is 0. The number of amides is 3. The van der Waals surface area contributed by atoms with Gasteiger partial charge in [-0.2, -0.15) is 0 Å². The Balaban J connectivity index is 2.39. The van der Waals surface area contributed by atoms with Gasteiger partial charge in [-0.05, 0) is 55.9 Å². The Labute approximate surface area is 205 Å². The first-order valence-corrected chi connectivity index (χ1v) is 12.9. The van der Waals surface area contributed by atoms with Crippen LogP contribution in [-0.4, -0.2) is 34.5 Å². The van der Waals surface area contributed by atoms with Gasteiger partial charge in [-0.25, -0.2) is 4.79 Å². The van der Waals surface area contributed by atoms with Gasteiger partial charge in [0.15, 0.2) is 0 Å². The fraction of sp³-hybridized carbons (Fsp3) is 0.679. The van der Waals surface area contributed by atoms with Gasteiger partial charge in [0.1, 0.15) is 0 Å². The predicted molar refractivity (Wildman–Crippen MR) is 135 cm³/mol. The van der Waals surface area contributed by atoms with Gasteiger partial charge in [0.25, 0.3) is 0 Å². The maximum Gasteiger partial charge on any atom is 0.324 e. The van der Waals surface area contributed by atoms with Gasteiger partial charge in [0.2, 0.25) is 5.91 Å². The molecule has 0 spiro atoms. The lowest BCUT2D eigenvalue weighted by Gasteiger charge is -2.38. The summed E-state index contributed by atoms with van der Waals surface area (Å²) in [6, 6.07) is 9.33. The van der Waals surface area contributed by atoms with Crippen LogP contribution in [0.2, 0.25) is 0 Å². The van der Waals surface area contributed by atoms with Crippen molar-refractivity contribution in [2.45, 2.75) is 85.6 Å². The van der Waals surface area contributed by atoms with Crippen LogP contribution in [0.15, 0.2) is 30.3 Å². The first-order valence-electron chi connectivity index (χ1n) is 12.9. The number of rotatable bonds is 11. The highest BCUT2D eigenvalue weighted by Crippen LogP contribution is 2.39. The number of hydrogen-bond donors (Lipinski definition) is 2. The van der Waals surface area contributed by atoms with Crippen molar-refractivity contribution < 1.29 is 19.5 Å². The Kier molecular flexibility index (Phi) is 10.1. The summed E-state index contributed by atoms with van der Waals surface area (Å²) >= 11 is 0. The van der Waals surface area contributed by atoms with E-state index in [1.165, 1.54) is 4.90 Å². The summed E-state index contributed by atoms with van der Waals surface area (Å²) in [5.74, 6) is -2.52. The van der Waals surface area contributed by atoms with Crippen molar-refractivity contribution in [2.24, 2.45) is 29.6 Å². The quantitative estimate of drug-likeness (QED) is 0.410. The van der Waals surface area contributed by atoms with Crippen LogP contribution in [0.1, 0.15) is 85.6 Å². The molecule has 0 radical (unpaired) electrons. The van der Waals surface area contributed by atoms with Gasteiger partial charge in [-0.3, -0.25) is 14.5 Å². The smallest absolute Gasteiger partial charge is 0.324 e. The number of carboxylic acids is 1. The van der Waals surface area contributed by atoms with Gasteiger partial charge in [-0.1, -0.05) is 77.8 Å². The molecule has 1 saturated carbocycles. The maximum atomic E-state index is 13.9. The molecule has 1 fully saturated rings. The zero-order valence-electron chi connectivity index (χ0n) is 21.8. The third-order valence-electron chi connectivity index (χ3n) is 7.52. The van der Waals surface area contributed by atoms with Crippen LogP contribution in [-0.2, 0) is 15.1 Å². The van der Waals surface area contributed by atoms with Crippen LogP contribution in [0, 0.1) is 29.6 Å². The number of carbonyl (C=O) groups is 3. The van der Waals surface area contributed by atoms with Crippen molar-refractivity contribution in [3.8, 4) is 0 Å². The number of benzene rings is 1. The third-order valence-corrected chi connectivity index (χ3v) is 7.52. The highest BCUT2D eigenvalue weighted by atomic mass is 16.4. The fourth-order valence-electron chi connectivity index (χ4n) is 5.29. The number of hydrogen-bond acceptors (Lipinski definition) is 3. The maximum absolute atomic E-state index is 13.9. The summed E-state index contributed by atoms with van der Waals surface area (Å²) in [5.41, 5.74) is 0.297. The van der Waals surface area contributed by atoms with Crippen LogP contribution in [0.3, 0.4) is 0 Å². The summed E-state index contributed by atoms with van der Waals surface area (Å²) in [6.45, 7) is 12.3. The molecule has 3 atom stereocenters. The normalized spacial score (nSPS) is 17.9. The average Bonchev–Trinajstić information content (AvgIpc) is 3.30. The predicted octanol–water partition coefficient (Wildman–Crippen LogP) is 6.06. The number of imide groups is 1. The Morgan fingerprint density at radius 2 is 1.68 bits per heavy atom. The van der Waals surface area contributed by atoms with E-state index in [0.717, 1.165) is 31.2 Å². The summed E-state index contributed by atoms with van der Waals surface area (Å²) in [6.07, 6.45) is 4.73. The molecule has 1 aromatic carbocycles. The SMILES string of the molecule is CCCN(C(=O)N[C@](C)(c1ccccc1)C(C)C)C(=O)[C@H](CC(C)C)[C@@H](C(=O)O)C1CCCC1. The van der Waals surface area contributed by atoms with Gasteiger partial charge in [0.05, 0.1) is 17.4 Å². The van der Waals surface area contributed by atoms with E-state index in [1.807, 2.05) is 71.9 Å². The van der Waals surface area contributed by atoms with Gasteiger partial charge in [-0.15, -0.1) is 0 Å². The Morgan fingerprint density at radius 3 is 2.15 bits per heavy atom. The number of nitrogens with one attached hydrogen (secondary N) is 1. The Bertz CT molecular complexity index is 817. The lowest BCUT2D eigenvalue weighted by atomic mass is 9.76. The summed E-state index contributed by atoms with van der Waals surface area (Å²) in [4.78, 5) is 41.2. The van der Waals surface area contributed by atoms with Gasteiger partial charge < -0.3 is 10.4 Å². The minimum atomic E-state index is -0.918. The van der Waals surface area contributed by atoms with Crippen molar-refractivity contribution >= 4 is 17.9 Å². The van der Waals surface area contributed by atoms with Crippen molar-refractivity contribution in [3.63, 3.8) is 0 Å². The standard InChI is InChI=1S/C28H44N2O4/c1-7-17-30(27(34)29-28(6,20(4)5)22-15-9-8-10-16-22)25(31)23(18-19(2)3)24(26(32)33)21-13-11-12-14-21/h8-10,15-16,19-21,23-24H,7,11-14,17-18H2,1-6H3,(H,29,34)(H,32,33)/t23-,24+,28+/m1/s1. The first-order chi connectivity index (χ1) is 16.0. The number of carbonyl (C=O) groups excluding carboxylic acids is 2. The Hall–Kier alpha value is -2.37. The third kappa shape index (κ3) is 6.61. The molecule has 1 aliphatic rings. The highest BCUT2D eigenvalue weighted by molar-refractivity contribution is 5.97. The van der Waals surface area contributed by atoms with E-state index in [-0.39, 0.29) is 30.2 Å². The second kappa shape index (κ2) is 12.4. The van der Waals surface area contributed by atoms with E-state index in [1.54, 1.807) is 0 Å². The van der Waals surface area contributed by atoms with Crippen LogP contribution < -0.4 is 5.32 Å². The molecule has 0 unspecified atom stereocenters. The number of aliphatic carboxylic acids is 1. The van der Waals surface area contributed by atoms with Crippen molar-refractivity contribution in [2.75, 3.05) is 6.54 Å². The Morgan fingerprint density at radius 1 is 1.09 bits per heavy atom. The van der Waals surface area contributed by atoms with E-state index in [9.17, 15) is 19.5 Å². The zero-order chi connectivity index (χ0) is 25.5. The first kappa shape index (κ1) is 27.9. The molecule has 6 heteroatoms. The molecule has 0 bridgehead atoms. The van der Waals surface area contributed by atoms with E-state index in [2.05, 4.69) is 5.32 Å². The van der Waals surface area contributed by atoms with E-state index >= 15 is 0 Å². The molecule has 6 nitrogen and oxygen atoms in total. The average molecular weight is 473 g/mol. The molecular formula is C28H44N2O4. The molecule has 34 heavy (non-hydrogen) atoms. The molecule has 1 aliphatic carbocycles. The van der Waals surface area contributed by atoms with E-state index in [0.29, 0.717) is 12.8 Å². The van der Waals surface area contributed by atoms with Gasteiger partial charge in [0, 0.05) is 6.54 Å². The minimum absolute atomic E-state index is 0.0120. The molecule has 0 heterocycles. The van der Waals surface area contributed by atoms with Crippen molar-refractivity contribution in [1.29, 1.82) is 0 Å². The molecular weight excluding hydrogens is 428 g/mol. The number of urea groups is 1. The van der Waals surface area contributed by atoms with Crippen LogP contribution >= 0.6 is 0 Å². The molecule has 0 saturated heterocycles. The van der Waals surface area contributed by atoms with E-state index < -0.39 is 29.4 Å². The minimum Gasteiger partial charge on any atom is -0.481 e. The van der Waals surface area contributed by atoms with Crippen molar-refractivity contribution in [3.05, 3.63) is 35.9 Å². The number of carboxylic acid groups (broad SMARTS) is 1. The monoisotopic (exact) mass is 472 g/mol. The van der Waals surface area contributed by atoms with Crippen LogP contribution in [0.25, 0.3) is 0 Å². The zero-order valence-corrected chi connectivity index (χ0v) is 21.8. The largest absolute Gasteiger partial charge is 0.481 e. The molecule has 0 aliphatic heterocycles. The summed E-state index contributed by atoms with van der Waals surface area (Å²) < 4.78 is 0. The molecule has 190 valence electrons. The van der Waals surface area contributed by atoms with Crippen molar-refractivity contribution in [1.82, 2.24) is 10.2 Å². The lowest BCUT2D eigenvalue weighted by molar-refractivity contribution is -0.152. The second-order valence-corrected chi connectivity index (χ2v) is 10.8. The fourth-order valence-corrected chi connectivity index (χ4v) is 5.29. The van der Waals surface area contributed by atoms with E-state index in [4.69, 9.17) is 0 Å². The highest BCUT2D eigenvalue weighted by Gasteiger charge is 2.44. The summed E-state index contributed by atoms with van der Waals surface area (Å²) in [5, 5.41) is 13.3. The molecule has 1 aromatic rings. The second-order valence-electron chi connectivity index (χ2n) is 10.8. The topological polar surface area (TPSA) is 86.7 Å². The van der Waals surface area contributed by atoms with Gasteiger partial charge >= 0.3 is 12.0 Å². The lowest BCUT2D eigenvalue weighted by Crippen LogP contribution is -2.56. The van der Waals surface area contributed by atoms with Crippen LogP contribution in [0.5, 0.6) is 0 Å². The molecule has 2 rings (SSSR count).